The second-order valence-electron chi connectivity index (χ2n) is 8.04. The van der Waals surface area contributed by atoms with Gasteiger partial charge in [0.05, 0.1) is 6.42 Å². The predicted octanol–water partition coefficient (Wildman–Crippen LogP) is 3.30. The number of amides is 2. The summed E-state index contributed by atoms with van der Waals surface area (Å²) in [6.07, 6.45) is 1.14. The van der Waals surface area contributed by atoms with E-state index in [2.05, 4.69) is 55.7 Å². The molecule has 6 nitrogen and oxygen atoms in total. The maximum absolute atomic E-state index is 12.2. The molecular weight excluding hydrogens is 368 g/mol. The SMILES string of the molecule is CC(C)(C)c1ccc(CCC(=O)Nc2ccc(CC(=O)NCC(=O)O)cc2)cc1. The Morgan fingerprint density at radius 3 is 2.00 bits per heavy atom. The number of carbonyl (C=O) groups is 3. The Hall–Kier alpha value is -3.15. The highest BCUT2D eigenvalue weighted by Gasteiger charge is 2.13. The molecule has 2 rings (SSSR count). The van der Waals surface area contributed by atoms with Crippen LogP contribution in [0.5, 0.6) is 0 Å². The first-order chi connectivity index (χ1) is 13.6. The molecule has 0 atom stereocenters. The van der Waals surface area contributed by atoms with Gasteiger partial charge in [0.2, 0.25) is 11.8 Å². The number of nitrogens with one attached hydrogen (secondary N) is 2. The van der Waals surface area contributed by atoms with E-state index in [-0.39, 0.29) is 23.7 Å². The van der Waals surface area contributed by atoms with E-state index in [1.807, 2.05) is 0 Å². The molecular formula is C23H28N2O4. The number of anilines is 1. The van der Waals surface area contributed by atoms with Crippen molar-refractivity contribution in [2.75, 3.05) is 11.9 Å². The second-order valence-corrected chi connectivity index (χ2v) is 8.04. The molecule has 29 heavy (non-hydrogen) atoms. The Balaban J connectivity index is 1.80. The molecule has 0 aliphatic carbocycles. The lowest BCUT2D eigenvalue weighted by Gasteiger charge is -2.19. The zero-order valence-electron chi connectivity index (χ0n) is 17.1. The molecule has 3 N–H and O–H groups in total. The topological polar surface area (TPSA) is 95.5 Å². The van der Waals surface area contributed by atoms with Gasteiger partial charge >= 0.3 is 5.97 Å². The summed E-state index contributed by atoms with van der Waals surface area (Å²) in [6.45, 7) is 6.11. The highest BCUT2D eigenvalue weighted by Crippen LogP contribution is 2.22. The molecule has 0 bridgehead atoms. The van der Waals surface area contributed by atoms with Gasteiger partial charge in [0.15, 0.2) is 0 Å². The highest BCUT2D eigenvalue weighted by atomic mass is 16.4. The molecule has 0 spiro atoms. The van der Waals surface area contributed by atoms with E-state index in [0.29, 0.717) is 18.5 Å². The number of benzene rings is 2. The molecule has 2 aromatic carbocycles. The van der Waals surface area contributed by atoms with Gasteiger partial charge in [0.1, 0.15) is 6.54 Å². The fourth-order valence-electron chi connectivity index (χ4n) is 2.78. The minimum Gasteiger partial charge on any atom is -0.480 e. The lowest BCUT2D eigenvalue weighted by atomic mass is 9.86. The van der Waals surface area contributed by atoms with Crippen molar-refractivity contribution in [2.45, 2.75) is 45.4 Å². The molecule has 0 aliphatic heterocycles. The average molecular weight is 396 g/mol. The van der Waals surface area contributed by atoms with Gasteiger partial charge < -0.3 is 15.7 Å². The van der Waals surface area contributed by atoms with Gasteiger partial charge in [-0.1, -0.05) is 57.2 Å². The molecule has 154 valence electrons. The van der Waals surface area contributed by atoms with Crippen LogP contribution in [0.3, 0.4) is 0 Å². The fourth-order valence-corrected chi connectivity index (χ4v) is 2.78. The predicted molar refractivity (Wildman–Crippen MR) is 113 cm³/mol. The molecule has 0 radical (unpaired) electrons. The van der Waals surface area contributed by atoms with Crippen LogP contribution < -0.4 is 10.6 Å². The van der Waals surface area contributed by atoms with E-state index >= 15 is 0 Å². The fraction of sp³-hybridized carbons (Fsp3) is 0.348. The zero-order chi connectivity index (χ0) is 21.4. The lowest BCUT2D eigenvalue weighted by molar-refractivity contribution is -0.137. The van der Waals surface area contributed by atoms with Gasteiger partial charge in [-0.2, -0.15) is 0 Å². The largest absolute Gasteiger partial charge is 0.480 e. The lowest BCUT2D eigenvalue weighted by Crippen LogP contribution is -2.30. The highest BCUT2D eigenvalue weighted by molar-refractivity contribution is 5.91. The van der Waals surface area contributed by atoms with Gasteiger partial charge in [-0.3, -0.25) is 14.4 Å². The van der Waals surface area contributed by atoms with E-state index in [0.717, 1.165) is 11.1 Å². The van der Waals surface area contributed by atoms with Crippen molar-refractivity contribution in [3.05, 3.63) is 65.2 Å². The van der Waals surface area contributed by atoms with Gasteiger partial charge in [0, 0.05) is 12.1 Å². The van der Waals surface area contributed by atoms with Crippen molar-refractivity contribution in [1.29, 1.82) is 0 Å². The smallest absolute Gasteiger partial charge is 0.322 e. The van der Waals surface area contributed by atoms with E-state index < -0.39 is 12.5 Å². The van der Waals surface area contributed by atoms with Crippen LogP contribution in [0.4, 0.5) is 5.69 Å². The van der Waals surface area contributed by atoms with Gasteiger partial charge in [-0.15, -0.1) is 0 Å². The number of hydrogen-bond donors (Lipinski definition) is 3. The molecule has 0 saturated carbocycles. The van der Waals surface area contributed by atoms with Crippen molar-refractivity contribution < 1.29 is 19.5 Å². The van der Waals surface area contributed by atoms with Crippen molar-refractivity contribution in [3.8, 4) is 0 Å². The molecule has 2 aromatic rings. The third-order valence-electron chi connectivity index (χ3n) is 4.50. The monoisotopic (exact) mass is 396 g/mol. The normalized spacial score (nSPS) is 11.0. The Morgan fingerprint density at radius 1 is 0.862 bits per heavy atom. The van der Waals surface area contributed by atoms with E-state index in [1.54, 1.807) is 24.3 Å². The van der Waals surface area contributed by atoms with Crippen LogP contribution in [-0.2, 0) is 32.6 Å². The van der Waals surface area contributed by atoms with E-state index in [9.17, 15) is 14.4 Å². The molecule has 0 heterocycles. The van der Waals surface area contributed by atoms with Crippen LogP contribution >= 0.6 is 0 Å². The second kappa shape index (κ2) is 9.87. The van der Waals surface area contributed by atoms with Gasteiger partial charge in [-0.25, -0.2) is 0 Å². The summed E-state index contributed by atoms with van der Waals surface area (Å²) in [6, 6.07) is 15.3. The third kappa shape index (κ3) is 7.78. The molecule has 6 heteroatoms. The summed E-state index contributed by atoms with van der Waals surface area (Å²) >= 11 is 0. The van der Waals surface area contributed by atoms with Crippen molar-refractivity contribution in [3.63, 3.8) is 0 Å². The number of aliphatic carboxylic acids is 1. The number of rotatable bonds is 8. The summed E-state index contributed by atoms with van der Waals surface area (Å²) < 4.78 is 0. The average Bonchev–Trinajstić information content (AvgIpc) is 2.66. The summed E-state index contributed by atoms with van der Waals surface area (Å²) in [5.74, 6) is -1.51. The summed E-state index contributed by atoms with van der Waals surface area (Å²) in [5, 5.41) is 13.7. The van der Waals surface area contributed by atoms with Crippen LogP contribution in [0.2, 0.25) is 0 Å². The van der Waals surface area contributed by atoms with Gasteiger partial charge in [-0.05, 0) is 40.7 Å². The van der Waals surface area contributed by atoms with Crippen LogP contribution in [0.25, 0.3) is 0 Å². The van der Waals surface area contributed by atoms with Crippen molar-refractivity contribution in [2.24, 2.45) is 0 Å². The third-order valence-corrected chi connectivity index (χ3v) is 4.50. The minimum absolute atomic E-state index is 0.0724. The van der Waals surface area contributed by atoms with Crippen LogP contribution in [-0.4, -0.2) is 29.4 Å². The molecule has 2 amide bonds. The maximum Gasteiger partial charge on any atom is 0.322 e. The first-order valence-electron chi connectivity index (χ1n) is 9.60. The molecule has 0 aromatic heterocycles. The van der Waals surface area contributed by atoms with Crippen LogP contribution in [0.15, 0.2) is 48.5 Å². The standard InChI is InChI=1S/C23H28N2O4/c1-23(2,3)18-9-4-16(5-10-18)8-13-20(26)25-19-11-6-17(7-12-19)14-21(27)24-15-22(28)29/h4-7,9-12H,8,13-15H2,1-3H3,(H,24,27)(H,25,26)(H,28,29). The maximum atomic E-state index is 12.2. The zero-order valence-corrected chi connectivity index (χ0v) is 17.1. The molecule has 0 saturated heterocycles. The summed E-state index contributed by atoms with van der Waals surface area (Å²) in [5.41, 5.74) is 3.90. The number of carboxylic acid groups (broad SMARTS) is 1. The Bertz CT molecular complexity index is 850. The summed E-state index contributed by atoms with van der Waals surface area (Å²) in [7, 11) is 0. The quantitative estimate of drug-likeness (QED) is 0.638. The minimum atomic E-state index is -1.08. The van der Waals surface area contributed by atoms with Gasteiger partial charge in [0.25, 0.3) is 0 Å². The Morgan fingerprint density at radius 2 is 1.45 bits per heavy atom. The Kier molecular flexibility index (Phi) is 7.53. The first kappa shape index (κ1) is 22.1. The molecule has 0 fully saturated rings. The first-order valence-corrected chi connectivity index (χ1v) is 9.60. The number of carboxylic acids is 1. The van der Waals surface area contributed by atoms with Crippen LogP contribution in [0, 0.1) is 0 Å². The van der Waals surface area contributed by atoms with E-state index in [1.165, 1.54) is 5.56 Å². The Labute approximate surface area is 171 Å². The molecule has 0 aliphatic rings. The van der Waals surface area contributed by atoms with Crippen molar-refractivity contribution >= 4 is 23.5 Å². The van der Waals surface area contributed by atoms with Crippen molar-refractivity contribution in [1.82, 2.24) is 5.32 Å². The number of carbonyl (C=O) groups excluding carboxylic acids is 2. The summed E-state index contributed by atoms with van der Waals surface area (Å²) in [4.78, 5) is 34.3. The number of aryl methyl sites for hydroxylation is 1. The van der Waals surface area contributed by atoms with Crippen LogP contribution in [0.1, 0.15) is 43.9 Å². The number of hydrogen-bond acceptors (Lipinski definition) is 3. The van der Waals surface area contributed by atoms with E-state index in [4.69, 9.17) is 5.11 Å². The molecule has 0 unspecified atom stereocenters.